The fourth-order valence-electron chi connectivity index (χ4n) is 4.31. The Morgan fingerprint density at radius 3 is 2.50 bits per heavy atom. The monoisotopic (exact) mass is 415 g/mol. The summed E-state index contributed by atoms with van der Waals surface area (Å²) in [6.07, 6.45) is 4.58. The molecule has 2 N–H and O–H groups in total. The number of likely N-dealkylation sites (tertiary alicyclic amines) is 1. The van der Waals surface area contributed by atoms with E-state index in [1.807, 2.05) is 25.2 Å². The highest BCUT2D eigenvalue weighted by molar-refractivity contribution is 5.94. The minimum Gasteiger partial charge on any atom is -0.356 e. The number of carbonyl (C=O) groups excluding carboxylic acids is 1. The van der Waals surface area contributed by atoms with Crippen LogP contribution in [0, 0.1) is 11.8 Å². The summed E-state index contributed by atoms with van der Waals surface area (Å²) in [5, 5.41) is 6.79. The van der Waals surface area contributed by atoms with Crippen LogP contribution in [0.2, 0.25) is 0 Å². The molecule has 2 rings (SSSR count). The number of nitrogens with one attached hydrogen (secondary N) is 2. The molecule has 1 aliphatic heterocycles. The third-order valence-electron chi connectivity index (χ3n) is 5.65. The molecule has 1 saturated heterocycles. The maximum atomic E-state index is 12.1. The largest absolute Gasteiger partial charge is 0.356 e. The summed E-state index contributed by atoms with van der Waals surface area (Å²) >= 11 is 0. The summed E-state index contributed by atoms with van der Waals surface area (Å²) in [6.45, 7) is 10.2. The summed E-state index contributed by atoms with van der Waals surface area (Å²) < 4.78 is 0. The SMILES string of the molecule is CN=C(NCCCCN1CC(C)CC(C)C1)NCCc1cccc(C(=O)N(C)C)c1. The van der Waals surface area contributed by atoms with Crippen LogP contribution in [0.3, 0.4) is 0 Å². The van der Waals surface area contributed by atoms with E-state index in [9.17, 15) is 4.79 Å². The number of guanidine groups is 1. The average molecular weight is 416 g/mol. The molecule has 1 fully saturated rings. The second kappa shape index (κ2) is 12.6. The zero-order valence-electron chi connectivity index (χ0n) is 19.6. The van der Waals surface area contributed by atoms with Crippen molar-refractivity contribution < 1.29 is 4.79 Å². The summed E-state index contributed by atoms with van der Waals surface area (Å²) in [5.74, 6) is 2.54. The molecule has 2 atom stereocenters. The Morgan fingerprint density at radius 1 is 1.13 bits per heavy atom. The molecule has 6 nitrogen and oxygen atoms in total. The van der Waals surface area contributed by atoms with Crippen molar-refractivity contribution in [2.45, 2.75) is 39.5 Å². The normalized spacial score (nSPS) is 20.1. The van der Waals surface area contributed by atoms with Crippen LogP contribution in [0.4, 0.5) is 0 Å². The quantitative estimate of drug-likeness (QED) is 0.370. The Bertz CT molecular complexity index is 678. The molecule has 0 bridgehead atoms. The number of hydrogen-bond acceptors (Lipinski definition) is 3. The van der Waals surface area contributed by atoms with Gasteiger partial charge in [0.2, 0.25) is 0 Å². The first kappa shape index (κ1) is 24.2. The van der Waals surface area contributed by atoms with Crippen molar-refractivity contribution in [3.05, 3.63) is 35.4 Å². The van der Waals surface area contributed by atoms with Gasteiger partial charge in [0.05, 0.1) is 0 Å². The number of nitrogens with zero attached hydrogens (tertiary/aromatic N) is 3. The van der Waals surface area contributed by atoms with E-state index in [4.69, 9.17) is 0 Å². The molecule has 1 heterocycles. The van der Waals surface area contributed by atoms with E-state index in [2.05, 4.69) is 40.4 Å². The molecule has 1 amide bonds. The van der Waals surface area contributed by atoms with Crippen molar-refractivity contribution in [1.29, 1.82) is 0 Å². The third-order valence-corrected chi connectivity index (χ3v) is 5.65. The highest BCUT2D eigenvalue weighted by Gasteiger charge is 2.20. The molecule has 0 spiro atoms. The van der Waals surface area contributed by atoms with E-state index in [1.165, 1.54) is 32.5 Å². The number of benzene rings is 1. The molecule has 0 aliphatic carbocycles. The smallest absolute Gasteiger partial charge is 0.253 e. The maximum Gasteiger partial charge on any atom is 0.253 e. The number of piperidine rings is 1. The van der Waals surface area contributed by atoms with Gasteiger partial charge in [-0.2, -0.15) is 0 Å². The minimum atomic E-state index is 0.0377. The lowest BCUT2D eigenvalue weighted by molar-refractivity contribution is 0.0827. The minimum absolute atomic E-state index is 0.0377. The van der Waals surface area contributed by atoms with E-state index in [0.29, 0.717) is 0 Å². The number of unbranched alkanes of at least 4 members (excludes halogenated alkanes) is 1. The van der Waals surface area contributed by atoms with Crippen LogP contribution in [0.15, 0.2) is 29.3 Å². The van der Waals surface area contributed by atoms with E-state index >= 15 is 0 Å². The lowest BCUT2D eigenvalue weighted by Gasteiger charge is -2.34. The van der Waals surface area contributed by atoms with Crippen LogP contribution in [0.1, 0.15) is 49.0 Å². The third kappa shape index (κ3) is 8.34. The van der Waals surface area contributed by atoms with Crippen LogP contribution in [0.25, 0.3) is 0 Å². The number of carbonyl (C=O) groups is 1. The van der Waals surface area contributed by atoms with Crippen LogP contribution in [-0.4, -0.2) is 75.5 Å². The fourth-order valence-corrected chi connectivity index (χ4v) is 4.31. The molecular formula is C24H41N5O. The Kier molecular flexibility index (Phi) is 10.1. The average Bonchev–Trinajstić information content (AvgIpc) is 2.71. The van der Waals surface area contributed by atoms with Gasteiger partial charge in [-0.15, -0.1) is 0 Å². The molecule has 0 aromatic heterocycles. The molecule has 1 aliphatic rings. The highest BCUT2D eigenvalue weighted by atomic mass is 16.2. The standard InChI is InChI=1S/C24H41N5O/c1-19-15-20(2)18-29(17-19)14-7-6-12-26-24(25-3)27-13-11-21-9-8-10-22(16-21)23(30)28(4)5/h8-10,16,19-20H,6-7,11-15,17-18H2,1-5H3,(H2,25,26,27). The molecule has 6 heteroatoms. The first-order chi connectivity index (χ1) is 14.4. The molecule has 30 heavy (non-hydrogen) atoms. The van der Waals surface area contributed by atoms with Gasteiger partial charge in [0, 0.05) is 52.9 Å². The van der Waals surface area contributed by atoms with Gasteiger partial charge in [0.25, 0.3) is 5.91 Å². The van der Waals surface area contributed by atoms with Crippen molar-refractivity contribution in [2.24, 2.45) is 16.8 Å². The Morgan fingerprint density at radius 2 is 1.83 bits per heavy atom. The second-order valence-corrected chi connectivity index (χ2v) is 8.99. The summed E-state index contributed by atoms with van der Waals surface area (Å²) in [4.78, 5) is 20.7. The molecular weight excluding hydrogens is 374 g/mol. The predicted octanol–water partition coefficient (Wildman–Crippen LogP) is 2.85. The molecule has 2 unspecified atom stereocenters. The van der Waals surface area contributed by atoms with Crippen molar-refractivity contribution in [2.75, 3.05) is 53.9 Å². The maximum absolute atomic E-state index is 12.1. The molecule has 1 aromatic carbocycles. The topological polar surface area (TPSA) is 60.0 Å². The molecule has 0 saturated carbocycles. The number of hydrogen-bond donors (Lipinski definition) is 2. The fraction of sp³-hybridized carbons (Fsp3) is 0.667. The van der Waals surface area contributed by atoms with Gasteiger partial charge >= 0.3 is 0 Å². The van der Waals surface area contributed by atoms with E-state index in [1.54, 1.807) is 19.0 Å². The Labute approximate surface area is 183 Å². The molecule has 0 radical (unpaired) electrons. The highest BCUT2D eigenvalue weighted by Crippen LogP contribution is 2.20. The van der Waals surface area contributed by atoms with Gasteiger partial charge in [-0.05, 0) is 61.8 Å². The van der Waals surface area contributed by atoms with Gasteiger partial charge in [-0.3, -0.25) is 9.79 Å². The Hall–Kier alpha value is -2.08. The summed E-state index contributed by atoms with van der Waals surface area (Å²) in [6, 6.07) is 7.85. The zero-order chi connectivity index (χ0) is 21.9. The van der Waals surface area contributed by atoms with E-state index in [0.717, 1.165) is 54.9 Å². The van der Waals surface area contributed by atoms with Crippen molar-refractivity contribution >= 4 is 11.9 Å². The molecule has 1 aromatic rings. The van der Waals surface area contributed by atoms with Gasteiger partial charge in [-0.1, -0.05) is 26.0 Å². The van der Waals surface area contributed by atoms with Gasteiger partial charge < -0.3 is 20.4 Å². The second-order valence-electron chi connectivity index (χ2n) is 8.99. The zero-order valence-corrected chi connectivity index (χ0v) is 19.6. The van der Waals surface area contributed by atoms with E-state index < -0.39 is 0 Å². The molecule has 168 valence electrons. The van der Waals surface area contributed by atoms with Crippen LogP contribution < -0.4 is 10.6 Å². The van der Waals surface area contributed by atoms with Crippen LogP contribution in [0.5, 0.6) is 0 Å². The first-order valence-electron chi connectivity index (χ1n) is 11.4. The number of aliphatic imine (C=N–C) groups is 1. The summed E-state index contributed by atoms with van der Waals surface area (Å²) in [5.41, 5.74) is 1.88. The van der Waals surface area contributed by atoms with Crippen LogP contribution >= 0.6 is 0 Å². The van der Waals surface area contributed by atoms with Crippen molar-refractivity contribution in [3.63, 3.8) is 0 Å². The van der Waals surface area contributed by atoms with Gasteiger partial charge in [0.15, 0.2) is 5.96 Å². The predicted molar refractivity (Wildman–Crippen MR) is 126 cm³/mol. The van der Waals surface area contributed by atoms with Gasteiger partial charge in [0.1, 0.15) is 0 Å². The van der Waals surface area contributed by atoms with Crippen molar-refractivity contribution in [3.8, 4) is 0 Å². The van der Waals surface area contributed by atoms with E-state index in [-0.39, 0.29) is 5.91 Å². The summed E-state index contributed by atoms with van der Waals surface area (Å²) in [7, 11) is 5.36. The van der Waals surface area contributed by atoms with Crippen molar-refractivity contribution in [1.82, 2.24) is 20.4 Å². The number of amides is 1. The number of rotatable bonds is 9. The van der Waals surface area contributed by atoms with Gasteiger partial charge in [-0.25, -0.2) is 0 Å². The first-order valence-corrected chi connectivity index (χ1v) is 11.4. The Balaban J connectivity index is 1.63. The lowest BCUT2D eigenvalue weighted by Crippen LogP contribution is -2.40. The van der Waals surface area contributed by atoms with Crippen LogP contribution in [-0.2, 0) is 6.42 Å². The lowest BCUT2D eigenvalue weighted by atomic mass is 9.92.